The van der Waals surface area contributed by atoms with Crippen LogP contribution in [0.3, 0.4) is 0 Å². The van der Waals surface area contributed by atoms with Crippen LogP contribution in [0.4, 0.5) is 11.4 Å². The smallest absolute Gasteiger partial charge is 0.335 e. The molecule has 0 spiro atoms. The van der Waals surface area contributed by atoms with Gasteiger partial charge in [0.05, 0.1) is 10.8 Å². The van der Waals surface area contributed by atoms with Gasteiger partial charge in [-0.15, -0.1) is 11.8 Å². The summed E-state index contributed by atoms with van der Waals surface area (Å²) in [6.45, 7) is 1.74. The normalized spacial score (nSPS) is 11.7. The van der Waals surface area contributed by atoms with Crippen molar-refractivity contribution in [2.45, 2.75) is 17.1 Å². The Kier molecular flexibility index (Phi) is 10.3. The van der Waals surface area contributed by atoms with Gasteiger partial charge in [0.2, 0.25) is 5.91 Å². The molecule has 1 unspecified atom stereocenters. The van der Waals surface area contributed by atoms with Gasteiger partial charge in [-0.3, -0.25) is 14.4 Å². The first-order valence-electron chi connectivity index (χ1n) is 12.7. The minimum Gasteiger partial charge on any atom is -0.478 e. The predicted molar refractivity (Wildman–Crippen MR) is 168 cm³/mol. The van der Waals surface area contributed by atoms with Gasteiger partial charge in [-0.25, -0.2) is 4.79 Å². The van der Waals surface area contributed by atoms with Crippen molar-refractivity contribution in [3.05, 3.63) is 130 Å². The Labute approximate surface area is 255 Å². The number of rotatable bonds is 10. The highest BCUT2D eigenvalue weighted by molar-refractivity contribution is 9.10. The van der Waals surface area contributed by atoms with E-state index < -0.39 is 23.0 Å². The van der Waals surface area contributed by atoms with Crippen LogP contribution in [-0.4, -0.2) is 34.0 Å². The first-order chi connectivity index (χ1) is 20.2. The van der Waals surface area contributed by atoms with Gasteiger partial charge in [-0.05, 0) is 85.3 Å². The van der Waals surface area contributed by atoms with E-state index in [0.717, 1.165) is 14.9 Å². The van der Waals surface area contributed by atoms with Crippen LogP contribution in [0, 0.1) is 0 Å². The third kappa shape index (κ3) is 8.66. The van der Waals surface area contributed by atoms with E-state index in [4.69, 9.17) is 5.11 Å². The molecule has 42 heavy (non-hydrogen) atoms. The number of carbonyl (C=O) groups excluding carboxylic acids is 3. The maximum absolute atomic E-state index is 13.2. The van der Waals surface area contributed by atoms with E-state index >= 15 is 0 Å². The van der Waals surface area contributed by atoms with Crippen molar-refractivity contribution >= 4 is 68.8 Å². The minimum atomic E-state index is -1.07. The molecule has 0 fully saturated rings. The number of hydrogen-bond acceptors (Lipinski definition) is 5. The second-order valence-electron chi connectivity index (χ2n) is 9.04. The summed E-state index contributed by atoms with van der Waals surface area (Å²) in [5.41, 5.74) is 2.20. The molecule has 1 atom stereocenters. The lowest BCUT2D eigenvalue weighted by atomic mass is 10.1. The van der Waals surface area contributed by atoms with Crippen LogP contribution in [0.5, 0.6) is 0 Å². The number of hydrogen-bond donors (Lipinski definition) is 4. The minimum absolute atomic E-state index is 0.0712. The van der Waals surface area contributed by atoms with Crippen LogP contribution < -0.4 is 16.0 Å². The summed E-state index contributed by atoms with van der Waals surface area (Å²) in [7, 11) is 0. The SMILES string of the molecule is CC(Sc1ccc(NC(=O)/C(=C/c2ccc(Br)cc2)NC(=O)c2ccccc2)cc1)C(=O)Nc1cccc(C(=O)O)c1. The van der Waals surface area contributed by atoms with Crippen molar-refractivity contribution < 1.29 is 24.3 Å². The quantitative estimate of drug-likeness (QED) is 0.113. The van der Waals surface area contributed by atoms with Crippen molar-refractivity contribution in [1.29, 1.82) is 0 Å². The molecule has 0 saturated carbocycles. The van der Waals surface area contributed by atoms with Crippen molar-refractivity contribution in [2.24, 2.45) is 0 Å². The summed E-state index contributed by atoms with van der Waals surface area (Å²) in [4.78, 5) is 50.7. The van der Waals surface area contributed by atoms with Crippen LogP contribution in [0.2, 0.25) is 0 Å². The van der Waals surface area contributed by atoms with E-state index in [-0.39, 0.29) is 17.2 Å². The third-order valence-electron chi connectivity index (χ3n) is 5.88. The lowest BCUT2D eigenvalue weighted by Crippen LogP contribution is -2.30. The number of carboxylic acid groups (broad SMARTS) is 1. The van der Waals surface area contributed by atoms with Crippen LogP contribution >= 0.6 is 27.7 Å². The Morgan fingerprint density at radius 3 is 2.12 bits per heavy atom. The fourth-order valence-corrected chi connectivity index (χ4v) is 4.85. The van der Waals surface area contributed by atoms with Crippen molar-refractivity contribution in [3.8, 4) is 0 Å². The van der Waals surface area contributed by atoms with E-state index in [9.17, 15) is 19.2 Å². The summed E-state index contributed by atoms with van der Waals surface area (Å²) in [5.74, 6) is -2.27. The number of amides is 3. The van der Waals surface area contributed by atoms with E-state index in [1.807, 2.05) is 24.3 Å². The molecule has 4 N–H and O–H groups in total. The second-order valence-corrected chi connectivity index (χ2v) is 11.4. The fraction of sp³-hybridized carbons (Fsp3) is 0.0625. The Hall–Kier alpha value is -4.67. The standard InChI is InChI=1S/C32H26BrN3O5S/c1-20(29(37)35-26-9-5-8-23(19-26)32(40)41)42-27-16-14-25(15-17-27)34-31(39)28(18-21-10-12-24(33)13-11-21)36-30(38)22-6-3-2-4-7-22/h2-20H,1H3,(H,34,39)(H,35,37)(H,36,38)(H,40,41)/b28-18-. The molecule has 0 aliphatic carbocycles. The molecule has 0 bridgehead atoms. The molecule has 0 heterocycles. The summed E-state index contributed by atoms with van der Waals surface area (Å²) >= 11 is 4.70. The lowest BCUT2D eigenvalue weighted by molar-refractivity contribution is -0.115. The number of thioether (sulfide) groups is 1. The van der Waals surface area contributed by atoms with Gasteiger partial charge in [0.1, 0.15) is 5.70 Å². The number of halogens is 1. The second kappa shape index (κ2) is 14.3. The van der Waals surface area contributed by atoms with Gasteiger partial charge in [0.25, 0.3) is 11.8 Å². The molecule has 0 aliphatic rings. The first kappa shape index (κ1) is 30.3. The lowest BCUT2D eigenvalue weighted by Gasteiger charge is -2.14. The zero-order chi connectivity index (χ0) is 30.1. The summed E-state index contributed by atoms with van der Waals surface area (Å²) < 4.78 is 0.885. The van der Waals surface area contributed by atoms with Crippen LogP contribution in [0.15, 0.2) is 118 Å². The van der Waals surface area contributed by atoms with Crippen molar-refractivity contribution in [2.75, 3.05) is 10.6 Å². The van der Waals surface area contributed by atoms with E-state index in [0.29, 0.717) is 16.9 Å². The number of carboxylic acids is 1. The third-order valence-corrected chi connectivity index (χ3v) is 7.52. The number of carbonyl (C=O) groups is 4. The predicted octanol–water partition coefficient (Wildman–Crippen LogP) is 6.68. The molecular weight excluding hydrogens is 618 g/mol. The van der Waals surface area contributed by atoms with Gasteiger partial charge in [0.15, 0.2) is 0 Å². The van der Waals surface area contributed by atoms with E-state index in [1.54, 1.807) is 79.7 Å². The first-order valence-corrected chi connectivity index (χ1v) is 14.4. The number of anilines is 2. The van der Waals surface area contributed by atoms with Gasteiger partial charge in [-0.1, -0.05) is 52.3 Å². The highest BCUT2D eigenvalue weighted by atomic mass is 79.9. The summed E-state index contributed by atoms with van der Waals surface area (Å²) in [6.07, 6.45) is 1.60. The molecule has 4 rings (SSSR count). The zero-order valence-corrected chi connectivity index (χ0v) is 24.7. The largest absolute Gasteiger partial charge is 0.478 e. The molecule has 0 aromatic heterocycles. The molecule has 10 heteroatoms. The Balaban J connectivity index is 1.42. The molecule has 0 aliphatic heterocycles. The highest BCUT2D eigenvalue weighted by Gasteiger charge is 2.17. The summed E-state index contributed by atoms with van der Waals surface area (Å²) in [5, 5.41) is 16.9. The van der Waals surface area contributed by atoms with Gasteiger partial charge < -0.3 is 21.1 Å². The van der Waals surface area contributed by atoms with E-state index in [2.05, 4.69) is 31.9 Å². The molecule has 0 saturated heterocycles. The van der Waals surface area contributed by atoms with Gasteiger partial charge in [-0.2, -0.15) is 0 Å². The Morgan fingerprint density at radius 2 is 1.45 bits per heavy atom. The fourth-order valence-electron chi connectivity index (χ4n) is 3.71. The van der Waals surface area contributed by atoms with Gasteiger partial charge in [0, 0.05) is 26.3 Å². The molecule has 4 aromatic carbocycles. The maximum atomic E-state index is 13.2. The maximum Gasteiger partial charge on any atom is 0.335 e. The van der Waals surface area contributed by atoms with Crippen molar-refractivity contribution in [3.63, 3.8) is 0 Å². The molecule has 0 radical (unpaired) electrons. The summed E-state index contributed by atoms with van der Waals surface area (Å²) in [6, 6.07) is 28.9. The number of aromatic carboxylic acids is 1. The zero-order valence-electron chi connectivity index (χ0n) is 22.3. The molecule has 4 aromatic rings. The number of nitrogens with one attached hydrogen (secondary N) is 3. The highest BCUT2D eigenvalue weighted by Crippen LogP contribution is 2.26. The molecule has 3 amide bonds. The van der Waals surface area contributed by atoms with Gasteiger partial charge >= 0.3 is 5.97 Å². The number of benzene rings is 4. The topological polar surface area (TPSA) is 125 Å². The van der Waals surface area contributed by atoms with Crippen LogP contribution in [0.25, 0.3) is 6.08 Å². The Bertz CT molecular complexity index is 1620. The Morgan fingerprint density at radius 1 is 0.786 bits per heavy atom. The molecule has 212 valence electrons. The monoisotopic (exact) mass is 643 g/mol. The van der Waals surface area contributed by atoms with Crippen LogP contribution in [-0.2, 0) is 9.59 Å². The molecule has 8 nitrogen and oxygen atoms in total. The average molecular weight is 645 g/mol. The average Bonchev–Trinajstić information content (AvgIpc) is 2.99. The van der Waals surface area contributed by atoms with E-state index in [1.165, 1.54) is 23.9 Å². The van der Waals surface area contributed by atoms with Crippen LogP contribution in [0.1, 0.15) is 33.2 Å². The molecular formula is C32H26BrN3O5S. The van der Waals surface area contributed by atoms with Crippen molar-refractivity contribution in [1.82, 2.24) is 5.32 Å².